The van der Waals surface area contributed by atoms with Crippen molar-refractivity contribution < 1.29 is 9.90 Å². The number of rotatable bonds is 7. The van der Waals surface area contributed by atoms with E-state index in [0.29, 0.717) is 5.02 Å². The molecule has 0 fully saturated rings. The number of unbranched alkanes of at least 4 members (excludes halogenated alkanes) is 1. The Bertz CT molecular complexity index is 457. The highest BCUT2D eigenvalue weighted by Crippen LogP contribution is 2.31. The van der Waals surface area contributed by atoms with E-state index in [4.69, 9.17) is 16.7 Å². The molecule has 0 aliphatic carbocycles. The molecule has 3 nitrogen and oxygen atoms in total. The largest absolute Gasteiger partial charge is 0.478 e. The fourth-order valence-electron chi connectivity index (χ4n) is 1.94. The molecule has 0 aliphatic rings. The first-order chi connectivity index (χ1) is 9.10. The third-order valence-corrected chi connectivity index (χ3v) is 3.21. The summed E-state index contributed by atoms with van der Waals surface area (Å²) in [4.78, 5) is 12.8. The summed E-state index contributed by atoms with van der Waals surface area (Å²) in [6.07, 6.45) is 4.93. The molecular formula is C15H20ClNO2. The lowest BCUT2D eigenvalue weighted by Gasteiger charge is -2.26. The van der Waals surface area contributed by atoms with E-state index in [2.05, 4.69) is 18.7 Å². The third kappa shape index (κ3) is 4.60. The van der Waals surface area contributed by atoms with Gasteiger partial charge in [-0.2, -0.15) is 0 Å². The van der Waals surface area contributed by atoms with Gasteiger partial charge in [0.05, 0.1) is 10.7 Å². The molecule has 0 aliphatic heterocycles. The van der Waals surface area contributed by atoms with Crippen LogP contribution in [0.2, 0.25) is 5.02 Å². The second kappa shape index (κ2) is 7.85. The lowest BCUT2D eigenvalue weighted by atomic mass is 10.1. The standard InChI is InChI=1S/C15H20ClNO2/c1-3-5-11-17(4-2)15-12(9-10-14(18)19)7-6-8-13(15)16/h6-10H,3-5,11H2,1-2H3,(H,18,19)/b10-9+. The number of carboxylic acids is 1. The minimum atomic E-state index is -0.956. The normalized spacial score (nSPS) is 10.9. The Kier molecular flexibility index (Phi) is 6.43. The summed E-state index contributed by atoms with van der Waals surface area (Å²) in [6, 6.07) is 5.56. The maximum Gasteiger partial charge on any atom is 0.328 e. The van der Waals surface area contributed by atoms with Crippen LogP contribution in [0.15, 0.2) is 24.3 Å². The third-order valence-electron chi connectivity index (χ3n) is 2.90. The summed E-state index contributed by atoms with van der Waals surface area (Å²) in [5, 5.41) is 9.40. The first-order valence-corrected chi connectivity index (χ1v) is 6.92. The Labute approximate surface area is 119 Å². The lowest BCUT2D eigenvalue weighted by Crippen LogP contribution is -2.25. The Balaban J connectivity index is 3.11. The van der Waals surface area contributed by atoms with Crippen LogP contribution in [0.25, 0.3) is 6.08 Å². The summed E-state index contributed by atoms with van der Waals surface area (Å²) < 4.78 is 0. The smallest absolute Gasteiger partial charge is 0.328 e. The maximum atomic E-state index is 10.6. The molecule has 1 aromatic rings. The number of aliphatic carboxylic acids is 1. The average molecular weight is 282 g/mol. The first kappa shape index (κ1) is 15.6. The van der Waals surface area contributed by atoms with Gasteiger partial charge in [-0.3, -0.25) is 0 Å². The van der Waals surface area contributed by atoms with Crippen LogP contribution in [-0.2, 0) is 4.79 Å². The van der Waals surface area contributed by atoms with Gasteiger partial charge in [-0.05, 0) is 31.1 Å². The molecule has 104 valence electrons. The number of benzene rings is 1. The summed E-state index contributed by atoms with van der Waals surface area (Å²) in [5.41, 5.74) is 1.76. The van der Waals surface area contributed by atoms with E-state index in [1.54, 1.807) is 6.08 Å². The van der Waals surface area contributed by atoms with Gasteiger partial charge in [0.15, 0.2) is 0 Å². The fourth-order valence-corrected chi connectivity index (χ4v) is 2.24. The summed E-state index contributed by atoms with van der Waals surface area (Å²) in [6.45, 7) is 5.98. The zero-order valence-corrected chi connectivity index (χ0v) is 12.2. The van der Waals surface area contributed by atoms with Crippen LogP contribution >= 0.6 is 11.6 Å². The van der Waals surface area contributed by atoms with Crippen molar-refractivity contribution in [3.05, 3.63) is 34.9 Å². The van der Waals surface area contributed by atoms with Crippen molar-refractivity contribution in [1.82, 2.24) is 0 Å². The SMILES string of the molecule is CCCCN(CC)c1c(Cl)cccc1/C=C/C(=O)O. The second-order valence-electron chi connectivity index (χ2n) is 4.28. The number of nitrogens with zero attached hydrogens (tertiary/aromatic N) is 1. The zero-order valence-electron chi connectivity index (χ0n) is 11.4. The summed E-state index contributed by atoms with van der Waals surface area (Å²) in [7, 11) is 0. The first-order valence-electron chi connectivity index (χ1n) is 6.54. The van der Waals surface area contributed by atoms with Crippen LogP contribution in [-0.4, -0.2) is 24.2 Å². The van der Waals surface area contributed by atoms with Crippen LogP contribution in [0, 0.1) is 0 Å². The Morgan fingerprint density at radius 1 is 1.42 bits per heavy atom. The molecular weight excluding hydrogens is 262 g/mol. The quantitative estimate of drug-likeness (QED) is 0.766. The number of anilines is 1. The molecule has 1 aromatic carbocycles. The van der Waals surface area contributed by atoms with E-state index in [9.17, 15) is 4.79 Å². The van der Waals surface area contributed by atoms with E-state index < -0.39 is 5.97 Å². The van der Waals surface area contributed by atoms with Crippen molar-refractivity contribution in [1.29, 1.82) is 0 Å². The highest BCUT2D eigenvalue weighted by Gasteiger charge is 2.12. The maximum absolute atomic E-state index is 10.6. The van der Waals surface area contributed by atoms with E-state index in [1.807, 2.05) is 18.2 Å². The molecule has 0 spiro atoms. The minimum absolute atomic E-state index is 0.658. The molecule has 19 heavy (non-hydrogen) atoms. The van der Waals surface area contributed by atoms with Crippen molar-refractivity contribution in [2.45, 2.75) is 26.7 Å². The molecule has 1 N–H and O–H groups in total. The van der Waals surface area contributed by atoms with Gasteiger partial charge >= 0.3 is 5.97 Å². The Morgan fingerprint density at radius 2 is 2.16 bits per heavy atom. The van der Waals surface area contributed by atoms with E-state index in [-0.39, 0.29) is 0 Å². The number of halogens is 1. The van der Waals surface area contributed by atoms with Crippen LogP contribution in [0.3, 0.4) is 0 Å². The topological polar surface area (TPSA) is 40.5 Å². The number of carbonyl (C=O) groups is 1. The minimum Gasteiger partial charge on any atom is -0.478 e. The van der Waals surface area contributed by atoms with E-state index in [1.165, 1.54) is 0 Å². The Morgan fingerprint density at radius 3 is 2.74 bits per heavy atom. The van der Waals surface area contributed by atoms with Crippen molar-refractivity contribution in [3.8, 4) is 0 Å². The van der Waals surface area contributed by atoms with Gasteiger partial charge in [-0.15, -0.1) is 0 Å². The fraction of sp³-hybridized carbons (Fsp3) is 0.400. The van der Waals surface area contributed by atoms with Crippen LogP contribution in [0.1, 0.15) is 32.3 Å². The van der Waals surface area contributed by atoms with Gasteiger partial charge in [0, 0.05) is 19.2 Å². The van der Waals surface area contributed by atoms with Crippen LogP contribution in [0.5, 0.6) is 0 Å². The highest BCUT2D eigenvalue weighted by atomic mass is 35.5. The molecule has 0 atom stereocenters. The molecule has 0 unspecified atom stereocenters. The molecule has 0 bridgehead atoms. The van der Waals surface area contributed by atoms with Crippen molar-refractivity contribution in [3.63, 3.8) is 0 Å². The molecule has 1 rings (SSSR count). The van der Waals surface area contributed by atoms with Gasteiger partial charge in [0.1, 0.15) is 0 Å². The predicted molar refractivity (Wildman–Crippen MR) is 80.9 cm³/mol. The molecule has 0 aromatic heterocycles. The number of para-hydroxylation sites is 1. The van der Waals surface area contributed by atoms with Gasteiger partial charge in [-0.1, -0.05) is 37.1 Å². The van der Waals surface area contributed by atoms with Crippen molar-refractivity contribution in [2.75, 3.05) is 18.0 Å². The van der Waals surface area contributed by atoms with Gasteiger partial charge in [0.2, 0.25) is 0 Å². The molecule has 4 heteroatoms. The van der Waals surface area contributed by atoms with Gasteiger partial charge in [0.25, 0.3) is 0 Å². The molecule has 0 saturated carbocycles. The van der Waals surface area contributed by atoms with Gasteiger partial charge < -0.3 is 10.0 Å². The predicted octanol–water partition coefficient (Wildman–Crippen LogP) is 4.06. The summed E-state index contributed by atoms with van der Waals surface area (Å²) >= 11 is 6.27. The van der Waals surface area contributed by atoms with Crippen molar-refractivity contribution >= 4 is 29.3 Å². The molecule has 0 radical (unpaired) electrons. The van der Waals surface area contributed by atoms with Crippen molar-refractivity contribution in [2.24, 2.45) is 0 Å². The van der Waals surface area contributed by atoms with E-state index >= 15 is 0 Å². The van der Waals surface area contributed by atoms with E-state index in [0.717, 1.165) is 43.3 Å². The second-order valence-corrected chi connectivity index (χ2v) is 4.69. The molecule has 0 saturated heterocycles. The highest BCUT2D eigenvalue weighted by molar-refractivity contribution is 6.33. The molecule has 0 amide bonds. The zero-order chi connectivity index (χ0) is 14.3. The monoisotopic (exact) mass is 281 g/mol. The Hall–Kier alpha value is -1.48. The average Bonchev–Trinajstić information content (AvgIpc) is 2.39. The number of hydrogen-bond acceptors (Lipinski definition) is 2. The number of hydrogen-bond donors (Lipinski definition) is 1. The van der Waals surface area contributed by atoms with Gasteiger partial charge in [-0.25, -0.2) is 4.79 Å². The summed E-state index contributed by atoms with van der Waals surface area (Å²) in [5.74, 6) is -0.956. The lowest BCUT2D eigenvalue weighted by molar-refractivity contribution is -0.131. The molecule has 0 heterocycles. The van der Waals surface area contributed by atoms with Crippen LogP contribution in [0.4, 0.5) is 5.69 Å². The van der Waals surface area contributed by atoms with Crippen LogP contribution < -0.4 is 4.90 Å². The number of carboxylic acid groups (broad SMARTS) is 1.